The second kappa shape index (κ2) is 6.86. The van der Waals surface area contributed by atoms with Gasteiger partial charge in [0.15, 0.2) is 5.13 Å². The molecule has 0 aliphatic heterocycles. The molecule has 1 amide bonds. The minimum atomic E-state index is -0.265. The molecule has 0 bridgehead atoms. The molecule has 124 valence electrons. The van der Waals surface area contributed by atoms with Gasteiger partial charge in [0, 0.05) is 17.5 Å². The van der Waals surface area contributed by atoms with Gasteiger partial charge in [-0.1, -0.05) is 12.1 Å². The van der Waals surface area contributed by atoms with Gasteiger partial charge in [-0.15, -0.1) is 11.3 Å². The van der Waals surface area contributed by atoms with E-state index >= 15 is 0 Å². The summed E-state index contributed by atoms with van der Waals surface area (Å²) in [5.74, 6) is 0.694. The van der Waals surface area contributed by atoms with Crippen molar-refractivity contribution in [2.75, 3.05) is 5.32 Å². The molecule has 0 radical (unpaired) electrons. The lowest BCUT2D eigenvalue weighted by Crippen LogP contribution is -2.12. The zero-order valence-corrected chi connectivity index (χ0v) is 15.4. The van der Waals surface area contributed by atoms with Crippen LogP contribution in [0.25, 0.3) is 0 Å². The van der Waals surface area contributed by atoms with Crippen LogP contribution in [0.15, 0.2) is 39.4 Å². The van der Waals surface area contributed by atoms with Crippen LogP contribution in [0.4, 0.5) is 9.52 Å². The number of aromatic nitrogens is 1. The van der Waals surface area contributed by atoms with Crippen molar-refractivity contribution in [3.63, 3.8) is 0 Å². The summed E-state index contributed by atoms with van der Waals surface area (Å²) < 4.78 is 19.0. The number of carbonyl (C=O) groups is 1. The number of thiazole rings is 1. The number of carbonyl (C=O) groups excluding carboxylic acids is 1. The first kappa shape index (κ1) is 16.9. The maximum absolute atomic E-state index is 12.9. The van der Waals surface area contributed by atoms with Gasteiger partial charge in [-0.05, 0) is 47.5 Å². The Balaban J connectivity index is 1.71. The van der Waals surface area contributed by atoms with E-state index in [4.69, 9.17) is 4.42 Å². The number of anilines is 1. The van der Waals surface area contributed by atoms with E-state index in [1.165, 1.54) is 23.5 Å². The average molecular weight is 409 g/mol. The fourth-order valence-electron chi connectivity index (χ4n) is 2.33. The number of benzene rings is 1. The third-order valence-corrected chi connectivity index (χ3v) is 5.35. The molecular formula is C17H14BrFN2O2S. The molecule has 1 N–H and O–H groups in total. The predicted molar refractivity (Wildman–Crippen MR) is 95.2 cm³/mol. The molecule has 0 spiro atoms. The number of nitrogens with one attached hydrogen (secondary N) is 1. The second-order valence-corrected chi connectivity index (χ2v) is 7.20. The van der Waals surface area contributed by atoms with E-state index in [2.05, 4.69) is 26.2 Å². The van der Waals surface area contributed by atoms with Gasteiger partial charge >= 0.3 is 0 Å². The largest absolute Gasteiger partial charge is 0.465 e. The molecule has 2 aromatic heterocycles. The van der Waals surface area contributed by atoms with Gasteiger partial charge in [0.1, 0.15) is 17.3 Å². The third kappa shape index (κ3) is 3.57. The van der Waals surface area contributed by atoms with Crippen LogP contribution < -0.4 is 5.32 Å². The van der Waals surface area contributed by atoms with Crippen molar-refractivity contribution in [2.24, 2.45) is 0 Å². The number of rotatable bonds is 4. The van der Waals surface area contributed by atoms with Gasteiger partial charge in [0.2, 0.25) is 0 Å². The Morgan fingerprint density at radius 1 is 1.29 bits per heavy atom. The van der Waals surface area contributed by atoms with Crippen LogP contribution in [0.5, 0.6) is 0 Å². The quantitative estimate of drug-likeness (QED) is 0.653. The Labute approximate surface area is 150 Å². The van der Waals surface area contributed by atoms with E-state index in [1.807, 2.05) is 0 Å². The lowest BCUT2D eigenvalue weighted by Gasteiger charge is -2.01. The molecule has 0 atom stereocenters. The minimum Gasteiger partial charge on any atom is -0.465 e. The van der Waals surface area contributed by atoms with Gasteiger partial charge in [0.25, 0.3) is 5.91 Å². The van der Waals surface area contributed by atoms with Crippen LogP contribution in [0.1, 0.15) is 32.3 Å². The maximum Gasteiger partial charge on any atom is 0.262 e. The SMILES string of the molecule is Cc1oc(C)c(C(=O)Nc2ncc(Cc3ccc(F)cc3)s2)c1Br. The molecule has 3 rings (SSSR count). The second-order valence-electron chi connectivity index (χ2n) is 5.29. The number of furan rings is 1. The predicted octanol–water partition coefficient (Wildman–Crippen LogP) is 5.10. The van der Waals surface area contributed by atoms with Crippen LogP contribution in [0.2, 0.25) is 0 Å². The Morgan fingerprint density at radius 3 is 2.62 bits per heavy atom. The normalized spacial score (nSPS) is 10.8. The standard InChI is InChI=1S/C17H14BrFN2O2S/c1-9-14(15(18)10(2)23-9)16(22)21-17-20-8-13(24-17)7-11-3-5-12(19)6-4-11/h3-6,8H,7H2,1-2H3,(H,20,21,22). The van der Waals surface area contributed by atoms with Gasteiger partial charge in [-0.25, -0.2) is 9.37 Å². The monoisotopic (exact) mass is 408 g/mol. The summed E-state index contributed by atoms with van der Waals surface area (Å²) in [5, 5.41) is 3.30. The molecule has 1 aromatic carbocycles. The third-order valence-electron chi connectivity index (χ3n) is 3.48. The molecule has 2 heterocycles. The molecule has 0 aliphatic carbocycles. The van der Waals surface area contributed by atoms with E-state index in [0.29, 0.717) is 33.1 Å². The van der Waals surface area contributed by atoms with E-state index in [0.717, 1.165) is 10.4 Å². The highest BCUT2D eigenvalue weighted by Crippen LogP contribution is 2.29. The van der Waals surface area contributed by atoms with E-state index in [9.17, 15) is 9.18 Å². The summed E-state index contributed by atoms with van der Waals surface area (Å²) in [6.45, 7) is 3.53. The highest BCUT2D eigenvalue weighted by Gasteiger charge is 2.20. The molecule has 0 saturated heterocycles. The molecule has 0 fully saturated rings. The van der Waals surface area contributed by atoms with Gasteiger partial charge in [0.05, 0.1) is 10.0 Å². The minimum absolute atomic E-state index is 0.257. The first-order valence-corrected chi connectivity index (χ1v) is 8.81. The van der Waals surface area contributed by atoms with Crippen molar-refractivity contribution in [1.82, 2.24) is 4.98 Å². The number of hydrogen-bond acceptors (Lipinski definition) is 4. The Morgan fingerprint density at radius 2 is 2.00 bits per heavy atom. The van der Waals surface area contributed by atoms with Crippen molar-refractivity contribution in [3.8, 4) is 0 Å². The van der Waals surface area contributed by atoms with Crippen LogP contribution in [0.3, 0.4) is 0 Å². The number of amides is 1. The summed E-state index contributed by atoms with van der Waals surface area (Å²) in [7, 11) is 0. The molecular weight excluding hydrogens is 395 g/mol. The van der Waals surface area contributed by atoms with Gasteiger partial charge < -0.3 is 4.42 Å². The highest BCUT2D eigenvalue weighted by molar-refractivity contribution is 9.10. The van der Waals surface area contributed by atoms with Crippen molar-refractivity contribution >= 4 is 38.3 Å². The number of aryl methyl sites for hydroxylation is 2. The molecule has 4 nitrogen and oxygen atoms in total. The van der Waals surface area contributed by atoms with Crippen LogP contribution >= 0.6 is 27.3 Å². The van der Waals surface area contributed by atoms with Crippen LogP contribution in [0, 0.1) is 19.7 Å². The molecule has 3 aromatic rings. The van der Waals surface area contributed by atoms with Crippen molar-refractivity contribution in [2.45, 2.75) is 20.3 Å². The van der Waals surface area contributed by atoms with Crippen LogP contribution in [-0.4, -0.2) is 10.9 Å². The summed E-state index contributed by atoms with van der Waals surface area (Å²) in [6, 6.07) is 6.34. The Bertz CT molecular complexity index is 887. The maximum atomic E-state index is 12.9. The number of halogens is 2. The molecule has 24 heavy (non-hydrogen) atoms. The first-order valence-electron chi connectivity index (χ1n) is 7.20. The lowest BCUT2D eigenvalue weighted by molar-refractivity contribution is 0.102. The average Bonchev–Trinajstić information content (AvgIpc) is 3.06. The summed E-state index contributed by atoms with van der Waals surface area (Å²) in [6.07, 6.45) is 2.35. The first-order chi connectivity index (χ1) is 11.4. The number of nitrogens with zero attached hydrogens (tertiary/aromatic N) is 1. The Kier molecular flexibility index (Phi) is 4.82. The summed E-state index contributed by atoms with van der Waals surface area (Å²) >= 11 is 4.76. The lowest BCUT2D eigenvalue weighted by atomic mass is 10.1. The molecule has 7 heteroatoms. The van der Waals surface area contributed by atoms with Gasteiger partial charge in [-0.3, -0.25) is 10.1 Å². The zero-order valence-electron chi connectivity index (χ0n) is 13.0. The molecule has 0 unspecified atom stereocenters. The van der Waals surface area contributed by atoms with E-state index in [-0.39, 0.29) is 11.7 Å². The van der Waals surface area contributed by atoms with Crippen molar-refractivity contribution in [3.05, 3.63) is 68.3 Å². The smallest absolute Gasteiger partial charge is 0.262 e. The molecule has 0 aliphatic rings. The van der Waals surface area contributed by atoms with Crippen molar-refractivity contribution in [1.29, 1.82) is 0 Å². The highest BCUT2D eigenvalue weighted by atomic mass is 79.9. The fourth-order valence-corrected chi connectivity index (χ4v) is 3.71. The van der Waals surface area contributed by atoms with E-state index in [1.54, 1.807) is 32.2 Å². The Hall–Kier alpha value is -1.99. The van der Waals surface area contributed by atoms with Crippen molar-refractivity contribution < 1.29 is 13.6 Å². The number of hydrogen-bond donors (Lipinski definition) is 1. The topological polar surface area (TPSA) is 55.1 Å². The van der Waals surface area contributed by atoms with E-state index < -0.39 is 0 Å². The summed E-state index contributed by atoms with van der Waals surface area (Å²) in [4.78, 5) is 17.6. The molecule has 0 saturated carbocycles. The van der Waals surface area contributed by atoms with Gasteiger partial charge in [-0.2, -0.15) is 0 Å². The summed E-state index contributed by atoms with van der Waals surface area (Å²) in [5.41, 5.74) is 1.46. The fraction of sp³-hybridized carbons (Fsp3) is 0.176. The zero-order chi connectivity index (χ0) is 17.3. The van der Waals surface area contributed by atoms with Crippen LogP contribution in [-0.2, 0) is 6.42 Å².